The molecule has 3 rings (SSSR count). The van der Waals surface area contributed by atoms with Crippen LogP contribution in [-0.4, -0.2) is 17.9 Å². The standard InChI is InChI=1S/C20H20BrNO2/c1-24-18-9-8-17(19(21)12-18)11-16-7-10-20(23)22(14-16)13-15-5-3-2-4-6-15/h2-6,8-9,12,14H,7,10-11,13H2,1H3. The Bertz CT molecular complexity index is 755. The minimum atomic E-state index is 0.191. The van der Waals surface area contributed by atoms with Crippen molar-refractivity contribution in [3.05, 3.63) is 75.9 Å². The van der Waals surface area contributed by atoms with Gasteiger partial charge in [0.25, 0.3) is 0 Å². The Labute approximate surface area is 151 Å². The van der Waals surface area contributed by atoms with Crippen LogP contribution in [0, 0.1) is 0 Å². The molecular weight excluding hydrogens is 366 g/mol. The summed E-state index contributed by atoms with van der Waals surface area (Å²) in [7, 11) is 1.66. The lowest BCUT2D eigenvalue weighted by Crippen LogP contribution is -2.29. The van der Waals surface area contributed by atoms with E-state index in [4.69, 9.17) is 4.74 Å². The Morgan fingerprint density at radius 2 is 1.92 bits per heavy atom. The summed E-state index contributed by atoms with van der Waals surface area (Å²) in [5.41, 5.74) is 3.63. The van der Waals surface area contributed by atoms with E-state index in [9.17, 15) is 4.79 Å². The Kier molecular flexibility index (Phi) is 5.36. The average molecular weight is 386 g/mol. The molecule has 0 saturated heterocycles. The predicted octanol–water partition coefficient (Wildman–Crippen LogP) is 4.71. The Balaban J connectivity index is 1.75. The van der Waals surface area contributed by atoms with Gasteiger partial charge in [0.2, 0.25) is 5.91 Å². The van der Waals surface area contributed by atoms with Crippen molar-refractivity contribution >= 4 is 21.8 Å². The predicted molar refractivity (Wildman–Crippen MR) is 98.7 cm³/mol. The Hall–Kier alpha value is -2.07. The minimum Gasteiger partial charge on any atom is -0.497 e. The summed E-state index contributed by atoms with van der Waals surface area (Å²) in [5.74, 6) is 1.03. The number of halogens is 1. The van der Waals surface area contributed by atoms with Crippen molar-refractivity contribution in [1.29, 1.82) is 0 Å². The number of hydrogen-bond donors (Lipinski definition) is 0. The second kappa shape index (κ2) is 7.67. The van der Waals surface area contributed by atoms with Crippen LogP contribution in [0.3, 0.4) is 0 Å². The van der Waals surface area contributed by atoms with E-state index < -0.39 is 0 Å². The van der Waals surface area contributed by atoms with Crippen molar-refractivity contribution in [2.45, 2.75) is 25.8 Å². The van der Waals surface area contributed by atoms with Gasteiger partial charge in [-0.05, 0) is 41.7 Å². The lowest BCUT2D eigenvalue weighted by atomic mass is 9.98. The molecule has 0 N–H and O–H groups in total. The van der Waals surface area contributed by atoms with Gasteiger partial charge < -0.3 is 9.64 Å². The molecule has 0 bridgehead atoms. The molecule has 0 spiro atoms. The summed E-state index contributed by atoms with van der Waals surface area (Å²) >= 11 is 3.61. The molecule has 24 heavy (non-hydrogen) atoms. The third-order valence-corrected chi connectivity index (χ3v) is 4.93. The van der Waals surface area contributed by atoms with Crippen LogP contribution in [0.1, 0.15) is 24.0 Å². The van der Waals surface area contributed by atoms with Crippen molar-refractivity contribution in [3.63, 3.8) is 0 Å². The summed E-state index contributed by atoms with van der Waals surface area (Å²) in [4.78, 5) is 14.0. The molecule has 1 aliphatic rings. The van der Waals surface area contributed by atoms with Gasteiger partial charge in [0, 0.05) is 17.1 Å². The van der Waals surface area contributed by atoms with E-state index in [1.807, 2.05) is 41.4 Å². The molecule has 3 nitrogen and oxygen atoms in total. The third-order valence-electron chi connectivity index (χ3n) is 4.19. The average Bonchev–Trinajstić information content (AvgIpc) is 2.60. The van der Waals surface area contributed by atoms with E-state index in [0.29, 0.717) is 13.0 Å². The number of methoxy groups -OCH3 is 1. The maximum Gasteiger partial charge on any atom is 0.227 e. The molecule has 124 valence electrons. The molecule has 0 aromatic heterocycles. The number of allylic oxidation sites excluding steroid dienone is 1. The highest BCUT2D eigenvalue weighted by molar-refractivity contribution is 9.10. The number of benzene rings is 2. The lowest BCUT2D eigenvalue weighted by Gasteiger charge is -2.25. The second-order valence-electron chi connectivity index (χ2n) is 5.93. The second-order valence-corrected chi connectivity index (χ2v) is 6.78. The van der Waals surface area contributed by atoms with Crippen molar-refractivity contribution in [2.24, 2.45) is 0 Å². The normalized spacial score (nSPS) is 14.5. The number of rotatable bonds is 5. The Morgan fingerprint density at radius 1 is 1.12 bits per heavy atom. The zero-order chi connectivity index (χ0) is 16.9. The molecule has 0 radical (unpaired) electrons. The van der Waals surface area contributed by atoms with E-state index in [2.05, 4.69) is 34.1 Å². The van der Waals surface area contributed by atoms with Gasteiger partial charge in [-0.3, -0.25) is 4.79 Å². The molecule has 0 fully saturated rings. The van der Waals surface area contributed by atoms with Crippen LogP contribution in [0.4, 0.5) is 0 Å². The first-order valence-electron chi connectivity index (χ1n) is 8.01. The van der Waals surface area contributed by atoms with Gasteiger partial charge in [-0.15, -0.1) is 0 Å². The smallest absolute Gasteiger partial charge is 0.227 e. The number of carbonyl (C=O) groups excluding carboxylic acids is 1. The first-order valence-corrected chi connectivity index (χ1v) is 8.80. The van der Waals surface area contributed by atoms with Gasteiger partial charge in [0.1, 0.15) is 5.75 Å². The maximum atomic E-state index is 12.2. The molecule has 1 amide bonds. The molecular formula is C20H20BrNO2. The highest BCUT2D eigenvalue weighted by atomic mass is 79.9. The highest BCUT2D eigenvalue weighted by Crippen LogP contribution is 2.28. The quantitative estimate of drug-likeness (QED) is 0.745. The summed E-state index contributed by atoms with van der Waals surface area (Å²) in [6, 6.07) is 16.1. The van der Waals surface area contributed by atoms with Gasteiger partial charge in [-0.25, -0.2) is 0 Å². The Morgan fingerprint density at radius 3 is 2.62 bits per heavy atom. The van der Waals surface area contributed by atoms with Crippen LogP contribution in [0.15, 0.2) is 64.8 Å². The SMILES string of the molecule is COc1ccc(CC2=CN(Cc3ccccc3)C(=O)CC2)c(Br)c1. The first-order chi connectivity index (χ1) is 11.7. The first kappa shape index (κ1) is 16.8. The van der Waals surface area contributed by atoms with Crippen molar-refractivity contribution in [2.75, 3.05) is 7.11 Å². The number of amides is 1. The molecule has 0 unspecified atom stereocenters. The zero-order valence-corrected chi connectivity index (χ0v) is 15.3. The highest BCUT2D eigenvalue weighted by Gasteiger charge is 2.19. The van der Waals surface area contributed by atoms with Gasteiger partial charge in [-0.2, -0.15) is 0 Å². The van der Waals surface area contributed by atoms with Crippen molar-refractivity contribution in [1.82, 2.24) is 4.90 Å². The van der Waals surface area contributed by atoms with Crippen molar-refractivity contribution in [3.8, 4) is 5.75 Å². The molecule has 0 aliphatic carbocycles. The fourth-order valence-electron chi connectivity index (χ4n) is 2.86. The fraction of sp³-hybridized carbons (Fsp3) is 0.250. The minimum absolute atomic E-state index is 0.191. The van der Waals surface area contributed by atoms with E-state index in [1.54, 1.807) is 7.11 Å². The lowest BCUT2D eigenvalue weighted by molar-refractivity contribution is -0.129. The van der Waals surface area contributed by atoms with Crippen LogP contribution in [0.25, 0.3) is 0 Å². The number of ether oxygens (including phenoxy) is 1. The van der Waals surface area contributed by atoms with E-state index in [1.165, 1.54) is 11.1 Å². The van der Waals surface area contributed by atoms with E-state index in [0.717, 1.165) is 28.6 Å². The zero-order valence-electron chi connectivity index (χ0n) is 13.7. The summed E-state index contributed by atoms with van der Waals surface area (Å²) in [5, 5.41) is 0. The van der Waals surface area contributed by atoms with Gasteiger partial charge in [-0.1, -0.05) is 52.3 Å². The summed E-state index contributed by atoms with van der Waals surface area (Å²) < 4.78 is 6.28. The largest absolute Gasteiger partial charge is 0.497 e. The van der Waals surface area contributed by atoms with E-state index in [-0.39, 0.29) is 5.91 Å². The topological polar surface area (TPSA) is 29.5 Å². The third kappa shape index (κ3) is 4.06. The molecule has 1 aliphatic heterocycles. The molecule has 1 heterocycles. The number of carbonyl (C=O) groups is 1. The van der Waals surface area contributed by atoms with Crippen LogP contribution in [0.2, 0.25) is 0 Å². The monoisotopic (exact) mass is 385 g/mol. The molecule has 0 saturated carbocycles. The molecule has 4 heteroatoms. The summed E-state index contributed by atoms with van der Waals surface area (Å²) in [6.07, 6.45) is 4.26. The van der Waals surface area contributed by atoms with Gasteiger partial charge in [0.15, 0.2) is 0 Å². The van der Waals surface area contributed by atoms with Crippen LogP contribution in [0.5, 0.6) is 5.75 Å². The molecule has 2 aromatic rings. The molecule has 2 aromatic carbocycles. The van der Waals surface area contributed by atoms with Gasteiger partial charge in [0.05, 0.1) is 13.7 Å². The van der Waals surface area contributed by atoms with Crippen LogP contribution >= 0.6 is 15.9 Å². The maximum absolute atomic E-state index is 12.2. The molecule has 0 atom stereocenters. The van der Waals surface area contributed by atoms with Crippen LogP contribution < -0.4 is 4.74 Å². The van der Waals surface area contributed by atoms with Gasteiger partial charge >= 0.3 is 0 Å². The number of nitrogens with zero attached hydrogens (tertiary/aromatic N) is 1. The van der Waals surface area contributed by atoms with E-state index >= 15 is 0 Å². The fourth-order valence-corrected chi connectivity index (χ4v) is 3.36. The summed E-state index contributed by atoms with van der Waals surface area (Å²) in [6.45, 7) is 0.632. The van der Waals surface area contributed by atoms with Crippen LogP contribution in [-0.2, 0) is 17.8 Å². The van der Waals surface area contributed by atoms with Crippen molar-refractivity contribution < 1.29 is 9.53 Å². The number of hydrogen-bond acceptors (Lipinski definition) is 2.